The maximum atomic E-state index is 9.89. The Morgan fingerprint density at radius 3 is 2.70 bits per heavy atom. The van der Waals surface area contributed by atoms with Crippen LogP contribution in [-0.2, 0) is 4.79 Å². The van der Waals surface area contributed by atoms with Crippen LogP contribution in [0.2, 0.25) is 0 Å². The van der Waals surface area contributed by atoms with E-state index in [-0.39, 0.29) is 0 Å². The van der Waals surface area contributed by atoms with Gasteiger partial charge in [0.15, 0.2) is 0 Å². The Hall–Kier alpha value is -0.370. The number of unbranched alkanes of at least 4 members (excludes halogenated alkanes) is 2. The normalized spacial score (nSPS) is 13.0. The molecule has 0 aromatic rings. The Bertz CT molecular complexity index is 81.3. The van der Waals surface area contributed by atoms with Crippen LogP contribution in [0.5, 0.6) is 0 Å². The SMILES string of the molecule is CCCCCC(O)CC=O. The second kappa shape index (κ2) is 6.75. The number of hydrogen-bond donors (Lipinski definition) is 1. The first-order valence-electron chi connectivity index (χ1n) is 3.93. The minimum atomic E-state index is -0.399. The van der Waals surface area contributed by atoms with E-state index < -0.39 is 6.10 Å². The molecule has 0 aliphatic heterocycles. The summed E-state index contributed by atoms with van der Waals surface area (Å²) in [5.41, 5.74) is 0. The summed E-state index contributed by atoms with van der Waals surface area (Å²) in [5.74, 6) is 0. The highest BCUT2D eigenvalue weighted by molar-refractivity contribution is 5.49. The zero-order valence-electron chi connectivity index (χ0n) is 6.55. The van der Waals surface area contributed by atoms with E-state index in [2.05, 4.69) is 6.92 Å². The highest BCUT2D eigenvalue weighted by atomic mass is 16.3. The van der Waals surface area contributed by atoms with Gasteiger partial charge in [0.2, 0.25) is 0 Å². The topological polar surface area (TPSA) is 37.3 Å². The lowest BCUT2D eigenvalue weighted by molar-refractivity contribution is -0.109. The van der Waals surface area contributed by atoms with Crippen molar-refractivity contribution in [2.75, 3.05) is 0 Å². The number of aliphatic hydroxyl groups is 1. The minimum Gasteiger partial charge on any atom is -0.393 e. The molecule has 0 aromatic heterocycles. The molecule has 0 radical (unpaired) electrons. The van der Waals surface area contributed by atoms with E-state index >= 15 is 0 Å². The predicted molar refractivity (Wildman–Crippen MR) is 40.8 cm³/mol. The molecule has 0 rings (SSSR count). The molecule has 0 aliphatic carbocycles. The van der Waals surface area contributed by atoms with Crippen LogP contribution in [-0.4, -0.2) is 17.5 Å². The Labute approximate surface area is 62.2 Å². The largest absolute Gasteiger partial charge is 0.393 e. The van der Waals surface area contributed by atoms with Crippen molar-refractivity contribution in [3.8, 4) is 0 Å². The Kier molecular flexibility index (Phi) is 6.50. The fourth-order valence-corrected chi connectivity index (χ4v) is 0.859. The predicted octanol–water partition coefficient (Wildman–Crippen LogP) is 1.52. The third kappa shape index (κ3) is 5.76. The van der Waals surface area contributed by atoms with Gasteiger partial charge in [0.25, 0.3) is 0 Å². The van der Waals surface area contributed by atoms with Crippen molar-refractivity contribution in [1.82, 2.24) is 0 Å². The maximum Gasteiger partial charge on any atom is 0.122 e. The van der Waals surface area contributed by atoms with Crippen LogP contribution >= 0.6 is 0 Å². The van der Waals surface area contributed by atoms with Gasteiger partial charge in [0, 0.05) is 6.42 Å². The molecule has 2 nitrogen and oxygen atoms in total. The summed E-state index contributed by atoms with van der Waals surface area (Å²) in [6.45, 7) is 2.12. The number of aliphatic hydroxyl groups excluding tert-OH is 1. The van der Waals surface area contributed by atoms with Crippen LogP contribution in [0.4, 0.5) is 0 Å². The molecule has 0 saturated heterocycles. The van der Waals surface area contributed by atoms with E-state index in [9.17, 15) is 4.79 Å². The van der Waals surface area contributed by atoms with Gasteiger partial charge in [0.1, 0.15) is 6.29 Å². The summed E-state index contributed by atoms with van der Waals surface area (Å²) in [6, 6.07) is 0. The number of carbonyl (C=O) groups is 1. The molecule has 0 spiro atoms. The van der Waals surface area contributed by atoms with E-state index in [0.717, 1.165) is 32.0 Å². The summed E-state index contributed by atoms with van der Waals surface area (Å²) < 4.78 is 0. The van der Waals surface area contributed by atoms with Crippen molar-refractivity contribution in [2.45, 2.75) is 45.1 Å². The van der Waals surface area contributed by atoms with Crippen molar-refractivity contribution < 1.29 is 9.90 Å². The average molecular weight is 144 g/mol. The molecule has 0 amide bonds. The zero-order valence-corrected chi connectivity index (χ0v) is 6.55. The summed E-state index contributed by atoms with van der Waals surface area (Å²) in [7, 11) is 0. The van der Waals surface area contributed by atoms with Crippen LogP contribution < -0.4 is 0 Å². The number of aldehydes is 1. The lowest BCUT2D eigenvalue weighted by Crippen LogP contribution is -2.06. The van der Waals surface area contributed by atoms with Crippen LogP contribution in [0.1, 0.15) is 39.0 Å². The Morgan fingerprint density at radius 2 is 2.20 bits per heavy atom. The van der Waals surface area contributed by atoms with Crippen molar-refractivity contribution in [3.63, 3.8) is 0 Å². The second-order valence-corrected chi connectivity index (χ2v) is 2.55. The molecule has 2 heteroatoms. The lowest BCUT2D eigenvalue weighted by atomic mass is 10.1. The zero-order chi connectivity index (χ0) is 7.82. The van der Waals surface area contributed by atoms with E-state index in [1.54, 1.807) is 0 Å². The van der Waals surface area contributed by atoms with Gasteiger partial charge < -0.3 is 9.90 Å². The summed E-state index contributed by atoms with van der Waals surface area (Å²) in [6.07, 6.45) is 4.78. The van der Waals surface area contributed by atoms with Gasteiger partial charge in [-0.3, -0.25) is 0 Å². The van der Waals surface area contributed by atoms with Crippen molar-refractivity contribution in [2.24, 2.45) is 0 Å². The average Bonchev–Trinajstić information content (AvgIpc) is 1.89. The van der Waals surface area contributed by atoms with Gasteiger partial charge >= 0.3 is 0 Å². The fourth-order valence-electron chi connectivity index (χ4n) is 0.859. The van der Waals surface area contributed by atoms with Gasteiger partial charge in [-0.25, -0.2) is 0 Å². The second-order valence-electron chi connectivity index (χ2n) is 2.55. The fraction of sp³-hybridized carbons (Fsp3) is 0.875. The molecule has 1 unspecified atom stereocenters. The van der Waals surface area contributed by atoms with Gasteiger partial charge in [-0.15, -0.1) is 0 Å². The third-order valence-electron chi connectivity index (χ3n) is 1.51. The molecule has 0 saturated carbocycles. The molecule has 0 fully saturated rings. The first kappa shape index (κ1) is 9.63. The third-order valence-corrected chi connectivity index (χ3v) is 1.51. The van der Waals surface area contributed by atoms with Crippen LogP contribution in [0.3, 0.4) is 0 Å². The molecule has 1 atom stereocenters. The van der Waals surface area contributed by atoms with Crippen molar-refractivity contribution in [1.29, 1.82) is 0 Å². The van der Waals surface area contributed by atoms with E-state index in [0.29, 0.717) is 6.42 Å². The van der Waals surface area contributed by atoms with E-state index in [1.165, 1.54) is 0 Å². The van der Waals surface area contributed by atoms with Crippen LogP contribution in [0, 0.1) is 0 Å². The van der Waals surface area contributed by atoms with Crippen molar-refractivity contribution >= 4 is 6.29 Å². The first-order valence-corrected chi connectivity index (χ1v) is 3.93. The molecule has 0 bridgehead atoms. The summed E-state index contributed by atoms with van der Waals surface area (Å²) in [5, 5.41) is 9.04. The highest BCUT2D eigenvalue weighted by Crippen LogP contribution is 2.04. The standard InChI is InChI=1S/C8H16O2/c1-2-3-4-5-8(10)6-7-9/h7-8,10H,2-6H2,1H3. The van der Waals surface area contributed by atoms with Crippen LogP contribution in [0.25, 0.3) is 0 Å². The smallest absolute Gasteiger partial charge is 0.122 e. The highest BCUT2D eigenvalue weighted by Gasteiger charge is 2.00. The lowest BCUT2D eigenvalue weighted by Gasteiger charge is -2.04. The molecule has 0 aromatic carbocycles. The van der Waals surface area contributed by atoms with Gasteiger partial charge in [-0.05, 0) is 6.42 Å². The van der Waals surface area contributed by atoms with Crippen molar-refractivity contribution in [3.05, 3.63) is 0 Å². The molecule has 1 N–H and O–H groups in total. The maximum absolute atomic E-state index is 9.89. The summed E-state index contributed by atoms with van der Waals surface area (Å²) in [4.78, 5) is 9.89. The minimum absolute atomic E-state index is 0.295. The Morgan fingerprint density at radius 1 is 1.50 bits per heavy atom. The van der Waals surface area contributed by atoms with Crippen LogP contribution in [0.15, 0.2) is 0 Å². The monoisotopic (exact) mass is 144 g/mol. The van der Waals surface area contributed by atoms with Gasteiger partial charge in [-0.1, -0.05) is 26.2 Å². The molecule has 60 valence electrons. The Balaban J connectivity index is 3.04. The molecule has 0 heterocycles. The van der Waals surface area contributed by atoms with Gasteiger partial charge in [-0.2, -0.15) is 0 Å². The number of hydrogen-bond acceptors (Lipinski definition) is 2. The number of rotatable bonds is 6. The molecular weight excluding hydrogens is 128 g/mol. The molecular formula is C8H16O2. The van der Waals surface area contributed by atoms with E-state index in [4.69, 9.17) is 5.11 Å². The molecule has 10 heavy (non-hydrogen) atoms. The number of carbonyl (C=O) groups excluding carboxylic acids is 1. The van der Waals surface area contributed by atoms with E-state index in [1.807, 2.05) is 0 Å². The van der Waals surface area contributed by atoms with Gasteiger partial charge in [0.05, 0.1) is 6.10 Å². The molecule has 0 aliphatic rings. The quantitative estimate of drug-likeness (QED) is 0.453. The summed E-state index contributed by atoms with van der Waals surface area (Å²) >= 11 is 0. The first-order chi connectivity index (χ1) is 4.81.